The maximum Gasteiger partial charge on any atom is 0.501 e. The number of carbonyl (C=O) groups is 3. The summed E-state index contributed by atoms with van der Waals surface area (Å²) >= 11 is 0. The third kappa shape index (κ3) is 4.54. The molecule has 0 saturated heterocycles. The highest BCUT2D eigenvalue weighted by atomic mass is 16.5. The van der Waals surface area contributed by atoms with Crippen LogP contribution in [0, 0.1) is 0 Å². The molecule has 176 valence electrons. The van der Waals surface area contributed by atoms with E-state index in [9.17, 15) is 14.4 Å². The molecule has 0 saturated carbocycles. The van der Waals surface area contributed by atoms with Crippen molar-refractivity contribution in [1.29, 1.82) is 0 Å². The molecule has 0 fully saturated rings. The predicted octanol–water partition coefficient (Wildman–Crippen LogP) is 2.01. The van der Waals surface area contributed by atoms with E-state index in [1.807, 2.05) is 61.5 Å². The van der Waals surface area contributed by atoms with Gasteiger partial charge in [-0.25, -0.2) is 4.79 Å². The van der Waals surface area contributed by atoms with Crippen molar-refractivity contribution >= 4 is 29.3 Å². The molecule has 2 aromatic carbocycles. The second kappa shape index (κ2) is 9.86. The summed E-state index contributed by atoms with van der Waals surface area (Å²) in [6, 6.07) is 15.4. The third-order valence-corrected chi connectivity index (χ3v) is 5.92. The molecular formula is C25H28N5O4+. The molecule has 1 atom stereocenters. The molecule has 1 unspecified atom stereocenters. The summed E-state index contributed by atoms with van der Waals surface area (Å²) < 4.78 is 6.54. The summed E-state index contributed by atoms with van der Waals surface area (Å²) in [5.41, 5.74) is 2.77. The number of benzene rings is 2. The van der Waals surface area contributed by atoms with Crippen LogP contribution in [0.2, 0.25) is 0 Å². The Morgan fingerprint density at radius 3 is 2.44 bits per heavy atom. The number of imide groups is 1. The average molecular weight is 463 g/mol. The predicted molar refractivity (Wildman–Crippen MR) is 127 cm³/mol. The Hall–Kier alpha value is -4.01. The lowest BCUT2D eigenvalue weighted by Crippen LogP contribution is -2.61. The van der Waals surface area contributed by atoms with E-state index in [4.69, 9.17) is 4.74 Å². The van der Waals surface area contributed by atoms with E-state index in [0.717, 1.165) is 16.9 Å². The van der Waals surface area contributed by atoms with Gasteiger partial charge in [-0.05, 0) is 37.1 Å². The maximum atomic E-state index is 13.4. The van der Waals surface area contributed by atoms with Gasteiger partial charge in [0, 0.05) is 13.1 Å². The standard InChI is InChI=1S/C25H27N5O4/c1-4-30-23-22(17(2)27-30)28(16-21(31)26-14-18-10-12-20(34-3)13-11-18)25(33)29(24(23)32)15-19-8-6-5-7-9-19/h5-13,23H,4,14-16H2,1-3H3/p+1. The normalized spacial score (nSPS) is 17.6. The number of fused-ring (bicyclic) bond motifs is 1. The van der Waals surface area contributed by atoms with Crippen LogP contribution in [-0.4, -0.2) is 70.0 Å². The minimum atomic E-state index is -0.721. The van der Waals surface area contributed by atoms with Crippen LogP contribution in [-0.2, 0) is 22.7 Å². The van der Waals surface area contributed by atoms with Gasteiger partial charge in [-0.15, -0.1) is 0 Å². The molecule has 0 aliphatic carbocycles. The number of ether oxygens (including phenoxy) is 1. The molecule has 4 rings (SSSR count). The third-order valence-electron chi connectivity index (χ3n) is 5.92. The Morgan fingerprint density at radius 2 is 1.79 bits per heavy atom. The largest absolute Gasteiger partial charge is 0.501 e. The number of likely N-dealkylation sites (N-methyl/N-ethyl adjacent to an activating group) is 1. The van der Waals surface area contributed by atoms with Gasteiger partial charge >= 0.3 is 11.9 Å². The highest BCUT2D eigenvalue weighted by molar-refractivity contribution is 6.48. The highest BCUT2D eigenvalue weighted by Gasteiger charge is 2.54. The number of hydrogen-bond donors (Lipinski definition) is 1. The van der Waals surface area contributed by atoms with Gasteiger partial charge in [0.25, 0.3) is 5.91 Å². The molecule has 0 aromatic heterocycles. The van der Waals surface area contributed by atoms with Crippen molar-refractivity contribution < 1.29 is 23.7 Å². The van der Waals surface area contributed by atoms with Gasteiger partial charge in [-0.2, -0.15) is 19.4 Å². The van der Waals surface area contributed by atoms with Crippen molar-refractivity contribution in [3.8, 4) is 5.75 Å². The molecule has 2 aromatic rings. The average Bonchev–Trinajstić information content (AvgIpc) is 3.20. The van der Waals surface area contributed by atoms with Crippen molar-refractivity contribution in [3.63, 3.8) is 0 Å². The number of urea groups is 1. The van der Waals surface area contributed by atoms with Crippen LogP contribution in [0.25, 0.3) is 0 Å². The number of nitrogens with one attached hydrogen (secondary N) is 1. The van der Waals surface area contributed by atoms with Crippen LogP contribution >= 0.6 is 0 Å². The Balaban J connectivity index is 1.57. The number of rotatable bonds is 8. The van der Waals surface area contributed by atoms with Crippen LogP contribution in [0.15, 0.2) is 59.7 Å². The molecule has 1 N–H and O–H groups in total. The van der Waals surface area contributed by atoms with Gasteiger partial charge in [0.05, 0.1) is 7.11 Å². The number of hydrogen-bond acceptors (Lipinski definition) is 6. The van der Waals surface area contributed by atoms with E-state index in [1.165, 1.54) is 9.48 Å². The molecule has 9 heteroatoms. The fraction of sp³-hybridized carbons (Fsp3) is 0.320. The van der Waals surface area contributed by atoms with Gasteiger partial charge in [-0.3, -0.25) is 9.80 Å². The van der Waals surface area contributed by atoms with Crippen LogP contribution < -0.4 is 10.1 Å². The fourth-order valence-corrected chi connectivity index (χ4v) is 4.18. The summed E-state index contributed by atoms with van der Waals surface area (Å²) in [6.45, 7) is 4.39. The SMILES string of the molecule is CCN1N=C(C)C2=[N+](CC(=O)NCc3ccc(OC)cc3)C(=O)N(Cc3ccccc3)C(=O)C21. The monoisotopic (exact) mass is 462 g/mol. The quantitative estimate of drug-likeness (QED) is 0.606. The highest BCUT2D eigenvalue weighted by Crippen LogP contribution is 2.22. The first-order chi connectivity index (χ1) is 16.4. The van der Waals surface area contributed by atoms with Gasteiger partial charge in [0.1, 0.15) is 18.0 Å². The van der Waals surface area contributed by atoms with E-state index in [0.29, 0.717) is 24.5 Å². The zero-order chi connectivity index (χ0) is 24.2. The first-order valence-electron chi connectivity index (χ1n) is 11.2. The van der Waals surface area contributed by atoms with Gasteiger partial charge in [-0.1, -0.05) is 42.5 Å². The number of amides is 4. The lowest BCUT2D eigenvalue weighted by atomic mass is 10.0. The summed E-state index contributed by atoms with van der Waals surface area (Å²) in [4.78, 5) is 40.9. The molecule has 0 bridgehead atoms. The minimum Gasteiger partial charge on any atom is -0.497 e. The summed E-state index contributed by atoms with van der Waals surface area (Å²) in [6.07, 6.45) is 0. The summed E-state index contributed by atoms with van der Waals surface area (Å²) in [5.74, 6) is 0.0736. The Labute approximate surface area is 198 Å². The van der Waals surface area contributed by atoms with Crippen LogP contribution in [0.5, 0.6) is 5.75 Å². The number of nitrogens with zero attached hydrogens (tertiary/aromatic N) is 4. The van der Waals surface area contributed by atoms with Crippen molar-refractivity contribution in [2.45, 2.75) is 33.0 Å². The van der Waals surface area contributed by atoms with Crippen LogP contribution in [0.1, 0.15) is 25.0 Å². The molecule has 2 heterocycles. The first-order valence-corrected chi connectivity index (χ1v) is 11.2. The molecule has 0 spiro atoms. The van der Waals surface area contributed by atoms with Crippen molar-refractivity contribution in [2.75, 3.05) is 20.2 Å². The number of carbonyl (C=O) groups excluding carboxylic acids is 3. The van der Waals surface area contributed by atoms with E-state index in [2.05, 4.69) is 10.4 Å². The van der Waals surface area contributed by atoms with E-state index < -0.39 is 12.1 Å². The summed E-state index contributed by atoms with van der Waals surface area (Å²) in [5, 5.41) is 9.00. The maximum absolute atomic E-state index is 13.4. The zero-order valence-electron chi connectivity index (χ0n) is 19.5. The Bertz CT molecular complexity index is 1160. The fourth-order valence-electron chi connectivity index (χ4n) is 4.18. The molecule has 0 radical (unpaired) electrons. The second-order valence-corrected chi connectivity index (χ2v) is 8.13. The lowest BCUT2D eigenvalue weighted by molar-refractivity contribution is -0.427. The van der Waals surface area contributed by atoms with Gasteiger partial charge < -0.3 is 10.1 Å². The van der Waals surface area contributed by atoms with Crippen LogP contribution in [0.4, 0.5) is 4.79 Å². The van der Waals surface area contributed by atoms with Gasteiger partial charge in [0.2, 0.25) is 6.04 Å². The smallest absolute Gasteiger partial charge is 0.497 e. The van der Waals surface area contributed by atoms with Crippen molar-refractivity contribution in [3.05, 3.63) is 65.7 Å². The minimum absolute atomic E-state index is 0.128. The molecule has 9 nitrogen and oxygen atoms in total. The van der Waals surface area contributed by atoms with Crippen molar-refractivity contribution in [2.24, 2.45) is 5.10 Å². The van der Waals surface area contributed by atoms with Crippen LogP contribution in [0.3, 0.4) is 0 Å². The summed E-state index contributed by atoms with van der Waals surface area (Å²) in [7, 11) is 1.59. The van der Waals surface area contributed by atoms with E-state index in [-0.39, 0.29) is 24.9 Å². The van der Waals surface area contributed by atoms with Crippen molar-refractivity contribution in [1.82, 2.24) is 15.2 Å². The molecule has 2 aliphatic rings. The topological polar surface area (TPSA) is 94.3 Å². The molecule has 2 aliphatic heterocycles. The van der Waals surface area contributed by atoms with E-state index in [1.54, 1.807) is 19.0 Å². The first kappa shape index (κ1) is 23.2. The Kier molecular flexibility index (Phi) is 6.72. The molecule has 4 amide bonds. The zero-order valence-corrected chi connectivity index (χ0v) is 19.5. The van der Waals surface area contributed by atoms with E-state index >= 15 is 0 Å². The second-order valence-electron chi connectivity index (χ2n) is 8.13. The molecular weight excluding hydrogens is 434 g/mol. The number of hydrazone groups is 1. The Morgan fingerprint density at radius 1 is 1.09 bits per heavy atom. The van der Waals surface area contributed by atoms with Gasteiger partial charge in [0.15, 0.2) is 12.3 Å². The molecule has 34 heavy (non-hydrogen) atoms. The lowest BCUT2D eigenvalue weighted by Gasteiger charge is -2.28. The number of methoxy groups -OCH3 is 1.